The highest BCUT2D eigenvalue weighted by molar-refractivity contribution is 9.09. The molecule has 0 aliphatic rings. The van der Waals surface area contributed by atoms with Gasteiger partial charge in [-0.15, -0.1) is 0 Å². The smallest absolute Gasteiger partial charge is 0.170 e. The molecule has 1 aromatic rings. The highest BCUT2D eigenvalue weighted by Gasteiger charge is 2.10. The molecule has 0 saturated heterocycles. The number of carbonyl (C=O) groups excluding carboxylic acids is 2. The van der Waals surface area contributed by atoms with Crippen molar-refractivity contribution in [1.82, 2.24) is 0 Å². The first-order valence-electron chi connectivity index (χ1n) is 8.37. The van der Waals surface area contributed by atoms with E-state index < -0.39 is 0 Å². The van der Waals surface area contributed by atoms with Gasteiger partial charge >= 0.3 is 0 Å². The maximum absolute atomic E-state index is 11.9. The Bertz CT molecular complexity index is 451. The van der Waals surface area contributed by atoms with Gasteiger partial charge in [-0.25, -0.2) is 0 Å². The minimum atomic E-state index is -0.0908. The Labute approximate surface area is 142 Å². The quantitative estimate of drug-likeness (QED) is 0.211. The lowest BCUT2D eigenvalue weighted by Crippen LogP contribution is -2.08. The Morgan fingerprint density at radius 2 is 1.50 bits per heavy atom. The van der Waals surface area contributed by atoms with Crippen LogP contribution in [0.4, 0.5) is 0 Å². The lowest BCUT2D eigenvalue weighted by molar-refractivity contribution is -0.115. The Balaban J connectivity index is 2.27. The number of alkyl halides is 1. The summed E-state index contributed by atoms with van der Waals surface area (Å²) in [6.45, 7) is 2.24. The predicted octanol–water partition coefficient (Wildman–Crippen LogP) is 5.52. The van der Waals surface area contributed by atoms with Crippen LogP contribution in [0.25, 0.3) is 0 Å². The molecular weight excluding hydrogens is 340 g/mol. The molecule has 0 atom stereocenters. The van der Waals surface area contributed by atoms with Gasteiger partial charge in [0, 0.05) is 5.56 Å². The lowest BCUT2D eigenvalue weighted by Gasteiger charge is -2.04. The van der Waals surface area contributed by atoms with Crippen molar-refractivity contribution in [2.45, 2.75) is 64.7 Å². The summed E-state index contributed by atoms with van der Waals surface area (Å²) in [7, 11) is 0. The molecule has 0 spiro atoms. The van der Waals surface area contributed by atoms with Gasteiger partial charge in [-0.2, -0.15) is 0 Å². The molecule has 0 aliphatic carbocycles. The summed E-state index contributed by atoms with van der Waals surface area (Å²) in [4.78, 5) is 23.1. The second kappa shape index (κ2) is 11.6. The molecule has 0 aromatic heterocycles. The second-order valence-electron chi connectivity index (χ2n) is 5.84. The van der Waals surface area contributed by atoms with Crippen LogP contribution in [0.2, 0.25) is 0 Å². The van der Waals surface area contributed by atoms with E-state index in [1.54, 1.807) is 0 Å². The molecule has 0 heterocycles. The molecule has 1 aromatic carbocycles. The van der Waals surface area contributed by atoms with Crippen LogP contribution in [0.15, 0.2) is 24.3 Å². The average Bonchev–Trinajstić information content (AvgIpc) is 2.54. The number of hydrogen-bond donors (Lipinski definition) is 0. The number of Topliss-reactive ketones (excluding diaryl/α,β-unsaturated/α-hetero) is 2. The number of unbranched alkanes of at least 4 members (excludes halogenated alkanes) is 6. The van der Waals surface area contributed by atoms with Gasteiger partial charge in [-0.05, 0) is 18.4 Å². The van der Waals surface area contributed by atoms with E-state index in [2.05, 4.69) is 22.9 Å². The molecule has 0 saturated carbocycles. The third-order valence-corrected chi connectivity index (χ3v) is 4.48. The fourth-order valence-electron chi connectivity index (χ4n) is 2.47. The summed E-state index contributed by atoms with van der Waals surface area (Å²) in [5.74, 6) is -0.163. The van der Waals surface area contributed by atoms with Crippen LogP contribution >= 0.6 is 15.9 Å². The number of aryl methyl sites for hydroxylation is 1. The van der Waals surface area contributed by atoms with Crippen molar-refractivity contribution >= 4 is 27.5 Å². The summed E-state index contributed by atoms with van der Waals surface area (Å²) >= 11 is 3.08. The molecule has 0 unspecified atom stereocenters. The van der Waals surface area contributed by atoms with Gasteiger partial charge in [0.25, 0.3) is 0 Å². The van der Waals surface area contributed by atoms with Crippen LogP contribution in [-0.2, 0) is 11.2 Å². The van der Waals surface area contributed by atoms with Gasteiger partial charge < -0.3 is 0 Å². The highest BCUT2D eigenvalue weighted by Crippen LogP contribution is 2.13. The molecule has 122 valence electrons. The minimum absolute atomic E-state index is 0.0116. The van der Waals surface area contributed by atoms with E-state index in [4.69, 9.17) is 0 Å². The summed E-state index contributed by atoms with van der Waals surface area (Å²) in [6.07, 6.45) is 10.2. The topological polar surface area (TPSA) is 34.1 Å². The van der Waals surface area contributed by atoms with Crippen molar-refractivity contribution in [3.63, 3.8) is 0 Å². The molecule has 0 bridgehead atoms. The van der Waals surface area contributed by atoms with E-state index in [1.165, 1.54) is 50.5 Å². The number of halogens is 1. The fourth-order valence-corrected chi connectivity index (χ4v) is 2.67. The molecule has 2 nitrogen and oxygen atoms in total. The van der Waals surface area contributed by atoms with E-state index >= 15 is 0 Å². The van der Waals surface area contributed by atoms with Gasteiger partial charge in [0.2, 0.25) is 0 Å². The Kier molecular flexibility index (Phi) is 10.1. The summed E-state index contributed by atoms with van der Waals surface area (Å²) in [6, 6.07) is 7.73. The molecule has 1 rings (SSSR count). The molecule has 22 heavy (non-hydrogen) atoms. The van der Waals surface area contributed by atoms with E-state index in [1.807, 2.05) is 24.3 Å². The van der Waals surface area contributed by atoms with Gasteiger partial charge in [0.15, 0.2) is 11.6 Å². The monoisotopic (exact) mass is 366 g/mol. The molecular formula is C19H27BrO2. The Morgan fingerprint density at radius 1 is 0.909 bits per heavy atom. The lowest BCUT2D eigenvalue weighted by atomic mass is 10.0. The number of benzene rings is 1. The second-order valence-corrected chi connectivity index (χ2v) is 6.40. The van der Waals surface area contributed by atoms with E-state index in [-0.39, 0.29) is 23.3 Å². The Morgan fingerprint density at radius 3 is 2.09 bits per heavy atom. The first kappa shape index (κ1) is 19.1. The summed E-state index contributed by atoms with van der Waals surface area (Å²) in [5, 5.41) is 0.245. The molecule has 3 heteroatoms. The maximum atomic E-state index is 11.9. The first-order valence-corrected chi connectivity index (χ1v) is 9.49. The van der Waals surface area contributed by atoms with Gasteiger partial charge in [0.05, 0.1) is 11.8 Å². The maximum Gasteiger partial charge on any atom is 0.170 e. The molecule has 0 radical (unpaired) electrons. The van der Waals surface area contributed by atoms with Crippen molar-refractivity contribution in [3.05, 3.63) is 35.4 Å². The summed E-state index contributed by atoms with van der Waals surface area (Å²) in [5.41, 5.74) is 1.91. The standard InChI is InChI=1S/C19H27BrO2/c1-2-3-4-5-6-7-8-9-16-10-12-17(13-11-16)19(22)14-18(21)15-20/h10-13H,2-9,14-15H2,1H3. The molecule has 0 N–H and O–H groups in total. The number of hydrogen-bond acceptors (Lipinski definition) is 2. The SMILES string of the molecule is CCCCCCCCCc1ccc(C(=O)CC(=O)CBr)cc1. The van der Waals surface area contributed by atoms with Crippen LogP contribution < -0.4 is 0 Å². The highest BCUT2D eigenvalue weighted by atomic mass is 79.9. The molecule has 0 fully saturated rings. The first-order chi connectivity index (χ1) is 10.7. The number of rotatable bonds is 12. The van der Waals surface area contributed by atoms with Crippen LogP contribution in [0, 0.1) is 0 Å². The van der Waals surface area contributed by atoms with Crippen molar-refractivity contribution < 1.29 is 9.59 Å². The molecule has 0 amide bonds. The number of ketones is 2. The van der Waals surface area contributed by atoms with Crippen molar-refractivity contribution in [1.29, 1.82) is 0 Å². The van der Waals surface area contributed by atoms with E-state index in [0.717, 1.165) is 6.42 Å². The third-order valence-electron chi connectivity index (χ3n) is 3.85. The van der Waals surface area contributed by atoms with E-state index in [0.29, 0.717) is 5.56 Å². The zero-order chi connectivity index (χ0) is 16.2. The van der Waals surface area contributed by atoms with Crippen LogP contribution in [0.3, 0.4) is 0 Å². The van der Waals surface area contributed by atoms with Crippen LogP contribution in [0.5, 0.6) is 0 Å². The number of carbonyl (C=O) groups is 2. The normalized spacial score (nSPS) is 10.6. The third kappa shape index (κ3) is 7.88. The van der Waals surface area contributed by atoms with Gasteiger partial charge in [-0.3, -0.25) is 9.59 Å². The van der Waals surface area contributed by atoms with Crippen molar-refractivity contribution in [3.8, 4) is 0 Å². The van der Waals surface area contributed by atoms with Gasteiger partial charge in [0.1, 0.15) is 0 Å². The van der Waals surface area contributed by atoms with Crippen molar-refractivity contribution in [2.75, 3.05) is 5.33 Å². The van der Waals surface area contributed by atoms with Gasteiger partial charge in [-0.1, -0.05) is 85.6 Å². The van der Waals surface area contributed by atoms with Crippen LogP contribution in [-0.4, -0.2) is 16.9 Å². The summed E-state index contributed by atoms with van der Waals surface area (Å²) < 4.78 is 0. The van der Waals surface area contributed by atoms with Crippen molar-refractivity contribution in [2.24, 2.45) is 0 Å². The average molecular weight is 367 g/mol. The zero-order valence-electron chi connectivity index (χ0n) is 13.6. The van der Waals surface area contributed by atoms with E-state index in [9.17, 15) is 9.59 Å². The largest absolute Gasteiger partial charge is 0.298 e. The van der Waals surface area contributed by atoms with Crippen LogP contribution in [0.1, 0.15) is 74.2 Å². The predicted molar refractivity (Wildman–Crippen MR) is 95.9 cm³/mol. The Hall–Kier alpha value is -0.960. The minimum Gasteiger partial charge on any atom is -0.298 e. The molecule has 0 aliphatic heterocycles. The zero-order valence-corrected chi connectivity index (χ0v) is 15.2. The fraction of sp³-hybridized carbons (Fsp3) is 0.579.